The number of nitrogens with one attached hydrogen (secondary N) is 1. The number of halogens is 2. The van der Waals surface area contributed by atoms with Crippen LogP contribution in [-0.2, 0) is 19.8 Å². The van der Waals surface area contributed by atoms with Gasteiger partial charge in [0, 0.05) is 35.8 Å². The molecule has 0 saturated carbocycles. The fraction of sp³-hybridized carbons (Fsp3) is 0.469. The minimum Gasteiger partial charge on any atom is -0.340 e. The number of carbonyl (C=O) groups is 3. The van der Waals surface area contributed by atoms with E-state index < -0.39 is 42.2 Å². The predicted molar refractivity (Wildman–Crippen MR) is 168 cm³/mol. The molecule has 0 bridgehead atoms. The molecule has 0 aliphatic carbocycles. The van der Waals surface area contributed by atoms with E-state index in [1.54, 1.807) is 4.90 Å². The van der Waals surface area contributed by atoms with E-state index in [9.17, 15) is 27.7 Å². The van der Waals surface area contributed by atoms with Crippen LogP contribution in [0, 0.1) is 5.41 Å². The lowest BCUT2D eigenvalue weighted by atomic mass is 9.85. The zero-order valence-electron chi connectivity index (χ0n) is 25.4. The maximum atomic E-state index is 14.3. The molecule has 5 rings (SSSR count). The highest BCUT2D eigenvalue weighted by Gasteiger charge is 2.50. The normalized spacial score (nSPS) is 20.3. The van der Waals surface area contributed by atoms with E-state index in [-0.39, 0.29) is 28.0 Å². The Balaban J connectivity index is 1.32. The van der Waals surface area contributed by atoms with Crippen LogP contribution < -0.4 is 5.32 Å². The Kier molecular flexibility index (Phi) is 9.26. The molecule has 2 aliphatic rings. The first-order chi connectivity index (χ1) is 21.1. The molecule has 0 spiro atoms. The standard InChI is InChI=1S/C32H38F2N3O6PS/c1-31(2,3)27(35-28(38)26-18-22-17-23(13-14-25(22)45-26)32(33,34)44(41,42)43)30(40)37-16-8-12-24(37)29(39)36-15-7-11-21(19-36)20-9-5-4-6-10-20/h4-6,9-10,13-14,17-18,21,24,27H,7-8,11-12,15-16,19H2,1-3H3,(H,35,38)(H2,41,42,43)/t21-,24+,27?/m1/s1. The fourth-order valence-corrected chi connectivity index (χ4v) is 7.62. The molecule has 3 heterocycles. The third-order valence-electron chi connectivity index (χ3n) is 8.67. The number of benzene rings is 2. The van der Waals surface area contributed by atoms with Crippen molar-refractivity contribution in [3.05, 3.63) is 70.6 Å². The maximum Gasteiger partial charge on any atom is 0.399 e. The quantitative estimate of drug-likeness (QED) is 0.280. The fourth-order valence-electron chi connectivity index (χ4n) is 6.20. The van der Waals surface area contributed by atoms with Crippen LogP contribution in [-0.4, -0.2) is 69.0 Å². The van der Waals surface area contributed by atoms with Gasteiger partial charge in [-0.05, 0) is 60.2 Å². The van der Waals surface area contributed by atoms with Crippen LogP contribution in [0.2, 0.25) is 0 Å². The first-order valence-corrected chi connectivity index (χ1v) is 17.4. The lowest BCUT2D eigenvalue weighted by Gasteiger charge is -2.38. The Bertz CT molecular complexity index is 1640. The average molecular weight is 662 g/mol. The number of amides is 3. The number of piperidine rings is 1. The molecule has 0 radical (unpaired) electrons. The van der Waals surface area contributed by atoms with E-state index >= 15 is 0 Å². The van der Waals surface area contributed by atoms with E-state index in [4.69, 9.17) is 9.79 Å². The number of carbonyl (C=O) groups excluding carboxylic acids is 3. The Morgan fingerprint density at radius 2 is 1.69 bits per heavy atom. The van der Waals surface area contributed by atoms with Gasteiger partial charge in [-0.15, -0.1) is 11.3 Å². The van der Waals surface area contributed by atoms with Crippen LogP contribution in [0.1, 0.15) is 73.2 Å². The lowest BCUT2D eigenvalue weighted by molar-refractivity contribution is -0.146. The molecule has 1 unspecified atom stereocenters. The van der Waals surface area contributed by atoms with Crippen molar-refractivity contribution in [2.45, 2.75) is 70.1 Å². The summed E-state index contributed by atoms with van der Waals surface area (Å²) in [6.45, 7) is 7.08. The third-order valence-corrected chi connectivity index (χ3v) is 10.8. The molecule has 2 aliphatic heterocycles. The van der Waals surface area contributed by atoms with Crippen molar-refractivity contribution in [1.82, 2.24) is 15.1 Å². The molecule has 9 nitrogen and oxygen atoms in total. The highest BCUT2D eigenvalue weighted by atomic mass is 32.1. The van der Waals surface area contributed by atoms with Gasteiger partial charge in [0.15, 0.2) is 0 Å². The summed E-state index contributed by atoms with van der Waals surface area (Å²) in [5, 5.41) is 3.05. The van der Waals surface area contributed by atoms with Gasteiger partial charge < -0.3 is 24.9 Å². The van der Waals surface area contributed by atoms with Crippen LogP contribution in [0.5, 0.6) is 0 Å². The van der Waals surface area contributed by atoms with Crippen molar-refractivity contribution < 1.29 is 37.5 Å². The summed E-state index contributed by atoms with van der Waals surface area (Å²) in [6.07, 6.45) is 3.07. The molecule has 242 valence electrons. The largest absolute Gasteiger partial charge is 0.399 e. The second-order valence-corrected chi connectivity index (χ2v) is 15.7. The second-order valence-electron chi connectivity index (χ2n) is 12.9. The molecule has 2 aromatic carbocycles. The van der Waals surface area contributed by atoms with E-state index in [1.807, 2.05) is 43.9 Å². The number of fused-ring (bicyclic) bond motifs is 1. The molecular weight excluding hydrogens is 623 g/mol. The number of hydrogen-bond acceptors (Lipinski definition) is 5. The third kappa shape index (κ3) is 6.84. The zero-order valence-corrected chi connectivity index (χ0v) is 27.1. The van der Waals surface area contributed by atoms with Gasteiger partial charge in [0.25, 0.3) is 5.91 Å². The van der Waals surface area contributed by atoms with Crippen LogP contribution in [0.3, 0.4) is 0 Å². The van der Waals surface area contributed by atoms with Crippen molar-refractivity contribution >= 4 is 46.7 Å². The van der Waals surface area contributed by atoms with Crippen molar-refractivity contribution in [3.63, 3.8) is 0 Å². The smallest absolute Gasteiger partial charge is 0.340 e. The summed E-state index contributed by atoms with van der Waals surface area (Å²) in [7, 11) is -5.76. The van der Waals surface area contributed by atoms with Gasteiger partial charge in [0.2, 0.25) is 11.8 Å². The molecule has 1 aromatic heterocycles. The van der Waals surface area contributed by atoms with Crippen molar-refractivity contribution in [2.24, 2.45) is 5.41 Å². The van der Waals surface area contributed by atoms with Crippen LogP contribution in [0.4, 0.5) is 8.78 Å². The Morgan fingerprint density at radius 1 is 1.00 bits per heavy atom. The summed E-state index contributed by atoms with van der Waals surface area (Å²) in [6, 6.07) is 13.0. The van der Waals surface area contributed by atoms with E-state index in [0.29, 0.717) is 37.2 Å². The first-order valence-electron chi connectivity index (χ1n) is 15.0. The Hall–Kier alpha value is -3.18. The van der Waals surface area contributed by atoms with Crippen LogP contribution in [0.15, 0.2) is 54.6 Å². The summed E-state index contributed by atoms with van der Waals surface area (Å²) in [4.78, 5) is 63.1. The Morgan fingerprint density at radius 3 is 2.36 bits per heavy atom. The highest BCUT2D eigenvalue weighted by Crippen LogP contribution is 2.59. The number of alkyl halides is 2. The van der Waals surface area contributed by atoms with Gasteiger partial charge in [0.1, 0.15) is 12.1 Å². The summed E-state index contributed by atoms with van der Waals surface area (Å²) >= 11 is 1.01. The lowest BCUT2D eigenvalue weighted by Crippen LogP contribution is -2.58. The monoisotopic (exact) mass is 661 g/mol. The average Bonchev–Trinajstić information content (AvgIpc) is 3.66. The molecule has 3 amide bonds. The van der Waals surface area contributed by atoms with Crippen LogP contribution >= 0.6 is 18.9 Å². The van der Waals surface area contributed by atoms with Crippen LogP contribution in [0.25, 0.3) is 10.1 Å². The number of likely N-dealkylation sites (tertiary alicyclic amines) is 2. The van der Waals surface area contributed by atoms with Crippen molar-refractivity contribution in [1.29, 1.82) is 0 Å². The van der Waals surface area contributed by atoms with E-state index in [2.05, 4.69) is 17.4 Å². The molecular formula is C32H38F2N3O6PS. The van der Waals surface area contributed by atoms with Gasteiger partial charge in [-0.2, -0.15) is 8.78 Å². The summed E-state index contributed by atoms with van der Waals surface area (Å²) < 4.78 is 40.4. The number of rotatable bonds is 7. The number of hydrogen-bond donors (Lipinski definition) is 3. The topological polar surface area (TPSA) is 127 Å². The molecule has 3 atom stereocenters. The molecule has 45 heavy (non-hydrogen) atoms. The number of nitrogens with zero attached hydrogens (tertiary/aromatic N) is 2. The zero-order chi connectivity index (χ0) is 32.7. The predicted octanol–water partition coefficient (Wildman–Crippen LogP) is 5.67. The minimum absolute atomic E-state index is 0.0760. The van der Waals surface area contributed by atoms with Gasteiger partial charge in [-0.1, -0.05) is 57.2 Å². The van der Waals surface area contributed by atoms with Gasteiger partial charge in [0.05, 0.1) is 4.88 Å². The molecule has 3 N–H and O–H groups in total. The number of thiophene rings is 1. The highest BCUT2D eigenvalue weighted by molar-refractivity contribution is 7.52. The summed E-state index contributed by atoms with van der Waals surface area (Å²) in [5.74, 6) is -0.783. The first kappa shape index (κ1) is 33.2. The Labute approximate surface area is 264 Å². The minimum atomic E-state index is -5.76. The van der Waals surface area contributed by atoms with Crippen molar-refractivity contribution in [3.8, 4) is 0 Å². The second kappa shape index (κ2) is 12.5. The van der Waals surface area contributed by atoms with Crippen molar-refractivity contribution in [2.75, 3.05) is 19.6 Å². The maximum absolute atomic E-state index is 14.3. The molecule has 2 fully saturated rings. The molecule has 13 heteroatoms. The molecule has 2 saturated heterocycles. The SMILES string of the molecule is CC(C)(C)C(NC(=O)c1cc2cc(C(F)(F)P(=O)(O)O)ccc2s1)C(=O)N1CCC[C@H]1C(=O)N1CCC[C@@H](c2ccccc2)C1. The van der Waals surface area contributed by atoms with Gasteiger partial charge in [-0.3, -0.25) is 18.9 Å². The van der Waals surface area contributed by atoms with E-state index in [0.717, 1.165) is 36.3 Å². The van der Waals surface area contributed by atoms with Gasteiger partial charge >= 0.3 is 13.3 Å². The summed E-state index contributed by atoms with van der Waals surface area (Å²) in [5.41, 5.74) is -4.76. The molecule has 3 aromatic rings. The van der Waals surface area contributed by atoms with Gasteiger partial charge in [-0.25, -0.2) is 0 Å². The van der Waals surface area contributed by atoms with E-state index in [1.165, 1.54) is 17.7 Å².